The van der Waals surface area contributed by atoms with Crippen LogP contribution in [-0.4, -0.2) is 17.1 Å². The number of halogens is 1. The molecule has 6 heteroatoms. The van der Waals surface area contributed by atoms with Crippen LogP contribution in [0.2, 0.25) is 5.02 Å². The van der Waals surface area contributed by atoms with E-state index in [-0.39, 0.29) is 12.1 Å². The molecule has 1 saturated carbocycles. The maximum atomic E-state index is 11.1. The summed E-state index contributed by atoms with van der Waals surface area (Å²) in [5.41, 5.74) is 4.26. The van der Waals surface area contributed by atoms with Crippen LogP contribution in [0.3, 0.4) is 0 Å². The first-order chi connectivity index (χ1) is 14.1. The quantitative estimate of drug-likeness (QED) is 0.456. The van der Waals surface area contributed by atoms with E-state index >= 15 is 0 Å². The van der Waals surface area contributed by atoms with Gasteiger partial charge in [-0.25, -0.2) is 4.98 Å². The molecule has 1 fully saturated rings. The van der Waals surface area contributed by atoms with Crippen LogP contribution >= 0.6 is 22.9 Å². The van der Waals surface area contributed by atoms with Gasteiger partial charge in [0.2, 0.25) is 0 Å². The molecule has 0 unspecified atom stereocenters. The first-order valence-electron chi connectivity index (χ1n) is 9.83. The minimum absolute atomic E-state index is 0.0852. The third kappa shape index (κ3) is 4.98. The van der Waals surface area contributed by atoms with Crippen LogP contribution in [0.1, 0.15) is 44.1 Å². The van der Waals surface area contributed by atoms with Crippen LogP contribution in [0, 0.1) is 0 Å². The second-order valence-electron chi connectivity index (χ2n) is 7.35. The zero-order valence-electron chi connectivity index (χ0n) is 16.2. The molecule has 0 atom stereocenters. The number of aromatic nitrogens is 1. The Kier molecular flexibility index (Phi) is 6.16. The number of ether oxygens (including phenoxy) is 1. The standard InChI is InChI=1S/C23H23ClN2O2S/c1-15(27)28-19-12-10-17(11-13-19)16-6-8-18(9-7-16)22-14-29-23(26-22)25-21-5-3-2-4-20(21)24/h2-9,14,17,19H,10-13H2,1H3,(H,25,26). The highest BCUT2D eigenvalue weighted by molar-refractivity contribution is 7.14. The topological polar surface area (TPSA) is 51.2 Å². The number of nitrogens with one attached hydrogen (secondary N) is 1. The van der Waals surface area contributed by atoms with E-state index in [1.165, 1.54) is 12.5 Å². The summed E-state index contributed by atoms with van der Waals surface area (Å²) < 4.78 is 5.34. The Morgan fingerprint density at radius 3 is 2.52 bits per heavy atom. The van der Waals surface area contributed by atoms with Gasteiger partial charge in [-0.3, -0.25) is 4.79 Å². The van der Waals surface area contributed by atoms with E-state index in [0.29, 0.717) is 10.9 Å². The van der Waals surface area contributed by atoms with Crippen molar-refractivity contribution < 1.29 is 9.53 Å². The Morgan fingerprint density at radius 2 is 1.83 bits per heavy atom. The minimum Gasteiger partial charge on any atom is -0.463 e. The summed E-state index contributed by atoms with van der Waals surface area (Å²) in [6.45, 7) is 1.48. The Hall–Kier alpha value is -2.37. The van der Waals surface area contributed by atoms with Crippen LogP contribution in [0.5, 0.6) is 0 Å². The lowest BCUT2D eigenvalue weighted by atomic mass is 9.82. The summed E-state index contributed by atoms with van der Waals surface area (Å²) in [5.74, 6) is 0.355. The van der Waals surface area contributed by atoms with Gasteiger partial charge in [0.1, 0.15) is 6.10 Å². The smallest absolute Gasteiger partial charge is 0.302 e. The molecule has 4 rings (SSSR count). The third-order valence-corrected chi connectivity index (χ3v) is 6.39. The second kappa shape index (κ2) is 8.97. The highest BCUT2D eigenvalue weighted by atomic mass is 35.5. The normalized spacial score (nSPS) is 19.0. The first-order valence-corrected chi connectivity index (χ1v) is 11.1. The van der Waals surface area contributed by atoms with E-state index in [9.17, 15) is 4.79 Å². The lowest BCUT2D eigenvalue weighted by Gasteiger charge is -2.28. The molecule has 1 aliphatic carbocycles. The number of anilines is 2. The molecular formula is C23H23ClN2O2S. The molecule has 0 amide bonds. The zero-order chi connectivity index (χ0) is 20.2. The van der Waals surface area contributed by atoms with Crippen LogP contribution < -0.4 is 5.32 Å². The molecule has 150 valence electrons. The molecule has 1 heterocycles. The Balaban J connectivity index is 1.39. The van der Waals surface area contributed by atoms with Crippen LogP contribution in [0.15, 0.2) is 53.9 Å². The average molecular weight is 427 g/mol. The molecule has 0 aliphatic heterocycles. The second-order valence-corrected chi connectivity index (χ2v) is 8.61. The third-order valence-electron chi connectivity index (χ3n) is 5.30. The molecule has 1 N–H and O–H groups in total. The van der Waals surface area contributed by atoms with Crippen LogP contribution in [-0.2, 0) is 9.53 Å². The Morgan fingerprint density at radius 1 is 1.10 bits per heavy atom. The molecule has 0 saturated heterocycles. The van der Waals surface area contributed by atoms with Crippen LogP contribution in [0.25, 0.3) is 11.3 Å². The number of esters is 1. The van der Waals surface area contributed by atoms with Crippen molar-refractivity contribution in [3.63, 3.8) is 0 Å². The number of nitrogens with zero attached hydrogens (tertiary/aromatic N) is 1. The van der Waals surface area contributed by atoms with E-state index in [1.54, 1.807) is 11.3 Å². The number of hydrogen-bond donors (Lipinski definition) is 1. The van der Waals surface area contributed by atoms with Gasteiger partial charge in [-0.2, -0.15) is 0 Å². The van der Waals surface area contributed by atoms with Crippen molar-refractivity contribution in [1.29, 1.82) is 0 Å². The zero-order valence-corrected chi connectivity index (χ0v) is 17.8. The van der Waals surface area contributed by atoms with Crippen molar-refractivity contribution in [3.05, 3.63) is 64.5 Å². The van der Waals surface area contributed by atoms with E-state index in [4.69, 9.17) is 21.3 Å². The van der Waals surface area contributed by atoms with Gasteiger partial charge in [0.05, 0.1) is 16.4 Å². The van der Waals surface area contributed by atoms with Gasteiger partial charge in [-0.05, 0) is 49.3 Å². The fourth-order valence-electron chi connectivity index (χ4n) is 3.82. The van der Waals surface area contributed by atoms with Gasteiger partial charge in [0.25, 0.3) is 0 Å². The monoisotopic (exact) mass is 426 g/mol. The molecule has 0 radical (unpaired) electrons. The molecule has 0 bridgehead atoms. The molecule has 1 aliphatic rings. The summed E-state index contributed by atoms with van der Waals surface area (Å²) in [5, 5.41) is 6.83. The molecule has 4 nitrogen and oxygen atoms in total. The summed E-state index contributed by atoms with van der Waals surface area (Å²) in [4.78, 5) is 15.8. The predicted molar refractivity (Wildman–Crippen MR) is 119 cm³/mol. The fourth-order valence-corrected chi connectivity index (χ4v) is 4.73. The minimum atomic E-state index is -0.176. The van der Waals surface area contributed by atoms with Crippen molar-refractivity contribution in [2.45, 2.75) is 44.6 Å². The van der Waals surface area contributed by atoms with E-state index < -0.39 is 0 Å². The molecule has 3 aromatic rings. The maximum Gasteiger partial charge on any atom is 0.302 e. The summed E-state index contributed by atoms with van der Waals surface area (Å²) in [6, 6.07) is 16.3. The van der Waals surface area contributed by atoms with Crippen LogP contribution in [0.4, 0.5) is 10.8 Å². The van der Waals surface area contributed by atoms with E-state index in [2.05, 4.69) is 35.0 Å². The SMILES string of the molecule is CC(=O)OC1CCC(c2ccc(-c3csc(Nc4ccccc4Cl)n3)cc2)CC1. The van der Waals surface area contributed by atoms with E-state index in [1.807, 2.05) is 24.3 Å². The Labute approximate surface area is 179 Å². The molecular weight excluding hydrogens is 404 g/mol. The molecule has 29 heavy (non-hydrogen) atoms. The van der Waals surface area contributed by atoms with Gasteiger partial charge in [-0.15, -0.1) is 11.3 Å². The lowest BCUT2D eigenvalue weighted by molar-refractivity contribution is -0.147. The van der Waals surface area contributed by atoms with Crippen molar-refractivity contribution >= 4 is 39.7 Å². The average Bonchev–Trinajstić information content (AvgIpc) is 3.19. The van der Waals surface area contributed by atoms with E-state index in [0.717, 1.165) is 47.8 Å². The van der Waals surface area contributed by atoms with Crippen molar-refractivity contribution in [2.24, 2.45) is 0 Å². The predicted octanol–water partition coefficient (Wildman–Crippen LogP) is 6.80. The number of benzene rings is 2. The highest BCUT2D eigenvalue weighted by Gasteiger charge is 2.24. The first kappa shape index (κ1) is 19.9. The number of carbonyl (C=O) groups is 1. The summed E-state index contributed by atoms with van der Waals surface area (Å²) >= 11 is 7.78. The number of thiazole rings is 1. The van der Waals surface area contributed by atoms with Crippen molar-refractivity contribution in [2.75, 3.05) is 5.32 Å². The van der Waals surface area contributed by atoms with Gasteiger partial charge in [0, 0.05) is 17.9 Å². The number of hydrogen-bond acceptors (Lipinski definition) is 5. The molecule has 2 aromatic carbocycles. The number of carbonyl (C=O) groups excluding carboxylic acids is 1. The fraction of sp³-hybridized carbons (Fsp3) is 0.304. The van der Waals surface area contributed by atoms with Crippen molar-refractivity contribution in [3.8, 4) is 11.3 Å². The molecule has 0 spiro atoms. The van der Waals surface area contributed by atoms with Gasteiger partial charge in [-0.1, -0.05) is 48.0 Å². The summed E-state index contributed by atoms with van der Waals surface area (Å²) in [6.07, 6.45) is 4.08. The largest absolute Gasteiger partial charge is 0.463 e. The van der Waals surface area contributed by atoms with Gasteiger partial charge >= 0.3 is 5.97 Å². The molecule has 1 aromatic heterocycles. The van der Waals surface area contributed by atoms with Crippen molar-refractivity contribution in [1.82, 2.24) is 4.98 Å². The van der Waals surface area contributed by atoms with Gasteiger partial charge < -0.3 is 10.1 Å². The summed E-state index contributed by atoms with van der Waals surface area (Å²) in [7, 11) is 0. The maximum absolute atomic E-state index is 11.1. The number of para-hydroxylation sites is 1. The number of rotatable bonds is 5. The Bertz CT molecular complexity index is 979. The lowest BCUT2D eigenvalue weighted by Crippen LogP contribution is -2.22. The van der Waals surface area contributed by atoms with Gasteiger partial charge in [0.15, 0.2) is 5.13 Å². The highest BCUT2D eigenvalue weighted by Crippen LogP contribution is 2.35.